The fraction of sp³-hybridized carbons (Fsp3) is 0.375. The van der Waals surface area contributed by atoms with Crippen molar-refractivity contribution in [2.24, 2.45) is 0 Å². The van der Waals surface area contributed by atoms with Crippen LogP contribution in [-0.4, -0.2) is 34.0 Å². The fourth-order valence-electron chi connectivity index (χ4n) is 2.07. The monoisotopic (exact) mass is 321 g/mol. The van der Waals surface area contributed by atoms with Gasteiger partial charge in [-0.25, -0.2) is 13.7 Å². The number of amides is 1. The van der Waals surface area contributed by atoms with Gasteiger partial charge in [0.05, 0.1) is 23.7 Å². The van der Waals surface area contributed by atoms with Crippen LogP contribution in [0, 0.1) is 0 Å². The first-order chi connectivity index (χ1) is 11.1. The van der Waals surface area contributed by atoms with Crippen LogP contribution in [0.2, 0.25) is 0 Å². The van der Waals surface area contributed by atoms with Crippen LogP contribution in [0.1, 0.15) is 25.5 Å². The highest BCUT2D eigenvalue weighted by molar-refractivity contribution is 5.64. The Labute approximate surface area is 133 Å². The van der Waals surface area contributed by atoms with Gasteiger partial charge < -0.3 is 15.2 Å². The lowest BCUT2D eigenvalue weighted by Gasteiger charge is -2.09. The van der Waals surface area contributed by atoms with Gasteiger partial charge in [-0.05, 0) is 31.0 Å². The van der Waals surface area contributed by atoms with Gasteiger partial charge in [0.25, 0.3) is 0 Å². The van der Waals surface area contributed by atoms with Gasteiger partial charge in [-0.1, -0.05) is 13.3 Å². The molecule has 0 aliphatic heterocycles. The maximum atomic E-state index is 12.7. The quantitative estimate of drug-likeness (QED) is 0.783. The smallest absolute Gasteiger partial charge is 0.404 e. The average Bonchev–Trinajstić information content (AvgIpc) is 2.94. The van der Waals surface area contributed by atoms with E-state index in [1.165, 1.54) is 0 Å². The number of pyridine rings is 1. The lowest BCUT2D eigenvalue weighted by atomic mass is 10.2. The van der Waals surface area contributed by atoms with Crippen molar-refractivity contribution < 1.29 is 19.0 Å². The third-order valence-electron chi connectivity index (χ3n) is 3.31. The number of unbranched alkanes of at least 4 members (excludes halogenated alkanes) is 1. The molecule has 2 aromatic rings. The third kappa shape index (κ3) is 4.98. The molecule has 0 bridgehead atoms. The van der Waals surface area contributed by atoms with E-state index in [1.807, 2.05) is 12.1 Å². The normalized spacial score (nSPS) is 11.7. The van der Waals surface area contributed by atoms with Gasteiger partial charge in [0.1, 0.15) is 12.4 Å². The first-order valence-corrected chi connectivity index (χ1v) is 7.48. The molecule has 0 unspecified atom stereocenters. The molecule has 2 N–H and O–H groups in total. The predicted octanol–water partition coefficient (Wildman–Crippen LogP) is 3.18. The zero-order valence-electron chi connectivity index (χ0n) is 13.0. The van der Waals surface area contributed by atoms with Crippen molar-refractivity contribution in [2.45, 2.75) is 26.2 Å². The summed E-state index contributed by atoms with van der Waals surface area (Å²) in [5.41, 5.74) is 2.20. The molecule has 0 aliphatic carbocycles. The third-order valence-corrected chi connectivity index (χ3v) is 3.31. The topological polar surface area (TPSA) is 75.9 Å². The van der Waals surface area contributed by atoms with E-state index in [4.69, 9.17) is 9.84 Å². The largest absolute Gasteiger partial charge is 0.487 e. The Hall–Kier alpha value is -2.57. The summed E-state index contributed by atoms with van der Waals surface area (Å²) in [7, 11) is 0. The Morgan fingerprint density at radius 1 is 1.52 bits per heavy atom. The molecule has 0 saturated carbocycles. The van der Waals surface area contributed by atoms with Gasteiger partial charge in [0.2, 0.25) is 0 Å². The summed E-state index contributed by atoms with van der Waals surface area (Å²) in [6.07, 6.45) is 4.02. The van der Waals surface area contributed by atoms with E-state index in [1.54, 1.807) is 16.8 Å². The van der Waals surface area contributed by atoms with Crippen LogP contribution < -0.4 is 10.1 Å². The second-order valence-corrected chi connectivity index (χ2v) is 5.19. The van der Waals surface area contributed by atoms with Gasteiger partial charge in [-0.15, -0.1) is 0 Å². The summed E-state index contributed by atoms with van der Waals surface area (Å²) in [5.74, 6) is 0.539. The molecule has 7 heteroatoms. The first-order valence-electron chi connectivity index (χ1n) is 7.48. The SMILES string of the molecule is CCCCc1cc2ccc(OCC(=CF)CNC(=O)O)cn2n1. The van der Waals surface area contributed by atoms with Crippen LogP contribution in [0.3, 0.4) is 0 Å². The molecule has 0 radical (unpaired) electrons. The molecule has 1 amide bonds. The summed E-state index contributed by atoms with van der Waals surface area (Å²) >= 11 is 0. The average molecular weight is 321 g/mol. The zero-order valence-corrected chi connectivity index (χ0v) is 13.0. The second kappa shape index (κ2) is 8.17. The molecule has 23 heavy (non-hydrogen) atoms. The lowest BCUT2D eigenvalue weighted by Crippen LogP contribution is -2.25. The molecule has 0 aromatic carbocycles. The number of ether oxygens (including phenoxy) is 1. The molecule has 0 aliphatic rings. The van der Waals surface area contributed by atoms with Gasteiger partial charge in [0.15, 0.2) is 0 Å². The maximum absolute atomic E-state index is 12.7. The standard InChI is InChI=1S/C16H20FN3O3/c1-2-3-4-13-7-14-5-6-15(10-20(14)19-13)23-11-12(8-17)9-18-16(21)22/h5-8,10,18H,2-4,9,11H2,1H3,(H,21,22). The van der Waals surface area contributed by atoms with E-state index in [-0.39, 0.29) is 18.7 Å². The minimum absolute atomic E-state index is 0.0355. The van der Waals surface area contributed by atoms with E-state index < -0.39 is 6.09 Å². The van der Waals surface area contributed by atoms with Crippen molar-refractivity contribution >= 4 is 11.6 Å². The number of carbonyl (C=O) groups is 1. The number of aryl methyl sites for hydroxylation is 1. The van der Waals surface area contributed by atoms with Crippen LogP contribution in [-0.2, 0) is 6.42 Å². The highest BCUT2D eigenvalue weighted by Crippen LogP contribution is 2.16. The van der Waals surface area contributed by atoms with Gasteiger partial charge >= 0.3 is 6.09 Å². The summed E-state index contributed by atoms with van der Waals surface area (Å²) < 4.78 is 19.9. The number of hydrogen-bond acceptors (Lipinski definition) is 3. The molecule has 0 fully saturated rings. The van der Waals surface area contributed by atoms with E-state index >= 15 is 0 Å². The number of nitrogens with one attached hydrogen (secondary N) is 1. The lowest BCUT2D eigenvalue weighted by molar-refractivity contribution is 0.195. The summed E-state index contributed by atoms with van der Waals surface area (Å²) in [5, 5.41) is 15.1. The summed E-state index contributed by atoms with van der Waals surface area (Å²) in [6.45, 7) is 1.99. The van der Waals surface area contributed by atoms with Crippen LogP contribution >= 0.6 is 0 Å². The minimum Gasteiger partial charge on any atom is -0.487 e. The number of nitrogens with zero attached hydrogens (tertiary/aromatic N) is 2. The molecular formula is C16H20FN3O3. The molecule has 0 atom stereocenters. The summed E-state index contributed by atoms with van der Waals surface area (Å²) in [4.78, 5) is 10.4. The van der Waals surface area contributed by atoms with Crippen molar-refractivity contribution in [3.63, 3.8) is 0 Å². The van der Waals surface area contributed by atoms with Crippen molar-refractivity contribution in [3.8, 4) is 5.75 Å². The fourth-order valence-corrected chi connectivity index (χ4v) is 2.07. The van der Waals surface area contributed by atoms with Crippen molar-refractivity contribution in [2.75, 3.05) is 13.2 Å². The van der Waals surface area contributed by atoms with Gasteiger partial charge in [-0.3, -0.25) is 0 Å². The summed E-state index contributed by atoms with van der Waals surface area (Å²) in [6, 6.07) is 5.69. The Bertz CT molecular complexity index is 697. The Morgan fingerprint density at radius 2 is 2.35 bits per heavy atom. The van der Waals surface area contributed by atoms with Crippen molar-refractivity contribution in [1.82, 2.24) is 14.9 Å². The van der Waals surface area contributed by atoms with Crippen molar-refractivity contribution in [3.05, 3.63) is 42.0 Å². The van der Waals surface area contributed by atoms with Crippen molar-refractivity contribution in [1.29, 1.82) is 0 Å². The van der Waals surface area contributed by atoms with Crippen LogP contribution in [0.25, 0.3) is 5.52 Å². The van der Waals surface area contributed by atoms with Crippen LogP contribution in [0.4, 0.5) is 9.18 Å². The minimum atomic E-state index is -1.21. The Balaban J connectivity index is 1.98. The van der Waals surface area contributed by atoms with Gasteiger partial charge in [-0.2, -0.15) is 5.10 Å². The van der Waals surface area contributed by atoms with E-state index in [0.717, 1.165) is 30.5 Å². The molecule has 0 saturated heterocycles. The first kappa shape index (κ1) is 16.8. The highest BCUT2D eigenvalue weighted by atomic mass is 19.1. The number of carboxylic acid groups (broad SMARTS) is 1. The Kier molecular flexibility index (Phi) is 5.96. The molecule has 0 spiro atoms. The van der Waals surface area contributed by atoms with Crippen LogP contribution in [0.5, 0.6) is 5.75 Å². The maximum Gasteiger partial charge on any atom is 0.404 e. The molecular weight excluding hydrogens is 301 g/mol. The molecule has 2 heterocycles. The van der Waals surface area contributed by atoms with Gasteiger partial charge in [0, 0.05) is 12.1 Å². The van der Waals surface area contributed by atoms with E-state index in [9.17, 15) is 9.18 Å². The number of hydrogen-bond donors (Lipinski definition) is 2. The van der Waals surface area contributed by atoms with Crippen LogP contribution in [0.15, 0.2) is 36.3 Å². The van der Waals surface area contributed by atoms with E-state index in [2.05, 4.69) is 17.3 Å². The van der Waals surface area contributed by atoms with E-state index in [0.29, 0.717) is 12.1 Å². The molecule has 2 aromatic heterocycles. The number of aromatic nitrogens is 2. The molecule has 124 valence electrons. The number of rotatable bonds is 8. The molecule has 6 nitrogen and oxygen atoms in total. The Morgan fingerprint density at radius 3 is 3.04 bits per heavy atom. The number of fused-ring (bicyclic) bond motifs is 1. The number of halogens is 1. The zero-order chi connectivity index (χ0) is 16.7. The second-order valence-electron chi connectivity index (χ2n) is 5.19. The highest BCUT2D eigenvalue weighted by Gasteiger charge is 2.05. The molecule has 2 rings (SSSR count). The predicted molar refractivity (Wildman–Crippen MR) is 84.5 cm³/mol.